The van der Waals surface area contributed by atoms with Crippen molar-refractivity contribution in [2.24, 2.45) is 0 Å². The summed E-state index contributed by atoms with van der Waals surface area (Å²) in [6.45, 7) is 2.50. The molecule has 202 valence electrons. The normalized spacial score (nSPS) is 18.5. The van der Waals surface area contributed by atoms with Gasteiger partial charge in [0.1, 0.15) is 11.6 Å². The van der Waals surface area contributed by atoms with Crippen molar-refractivity contribution in [2.75, 3.05) is 26.2 Å². The molecule has 4 aromatic rings. The Bertz CT molecular complexity index is 1510. The Morgan fingerprint density at radius 3 is 2.44 bits per heavy atom. The number of nitrogens with zero attached hydrogens (tertiary/aromatic N) is 3. The number of amides is 1. The van der Waals surface area contributed by atoms with E-state index in [0.29, 0.717) is 35.2 Å². The molecule has 3 heterocycles. The molecule has 9 heteroatoms. The van der Waals surface area contributed by atoms with E-state index in [4.69, 9.17) is 4.52 Å². The van der Waals surface area contributed by atoms with Crippen molar-refractivity contribution in [3.05, 3.63) is 100 Å². The van der Waals surface area contributed by atoms with Gasteiger partial charge in [0.15, 0.2) is 17.2 Å². The van der Waals surface area contributed by atoms with E-state index in [1.54, 1.807) is 17.0 Å². The van der Waals surface area contributed by atoms with Gasteiger partial charge in [0.05, 0.1) is 11.7 Å². The highest BCUT2D eigenvalue weighted by Crippen LogP contribution is 2.37. The third-order valence-corrected chi connectivity index (χ3v) is 8.08. The lowest BCUT2D eigenvalue weighted by Crippen LogP contribution is -2.42. The molecule has 2 aliphatic heterocycles. The van der Waals surface area contributed by atoms with Crippen LogP contribution in [0.3, 0.4) is 0 Å². The molecule has 1 saturated heterocycles. The van der Waals surface area contributed by atoms with Gasteiger partial charge >= 0.3 is 0 Å². The second kappa shape index (κ2) is 10.4. The molecule has 6 rings (SSSR count). The zero-order chi connectivity index (χ0) is 27.1. The van der Waals surface area contributed by atoms with Crippen molar-refractivity contribution in [1.82, 2.24) is 15.0 Å². The summed E-state index contributed by atoms with van der Waals surface area (Å²) < 4.78 is 61.0. The van der Waals surface area contributed by atoms with Crippen molar-refractivity contribution < 1.29 is 26.9 Å². The van der Waals surface area contributed by atoms with Crippen LogP contribution in [0, 0.1) is 23.3 Å². The lowest BCUT2D eigenvalue weighted by Gasteiger charge is -2.39. The molecule has 0 bridgehead atoms. The second-order valence-electron chi connectivity index (χ2n) is 10.3. The highest BCUT2D eigenvalue weighted by Gasteiger charge is 2.34. The monoisotopic (exact) mass is 537 g/mol. The van der Waals surface area contributed by atoms with Gasteiger partial charge in [-0.1, -0.05) is 11.2 Å². The molecule has 0 radical (unpaired) electrons. The topological polar surface area (TPSA) is 49.6 Å². The van der Waals surface area contributed by atoms with Crippen LogP contribution in [0.4, 0.5) is 17.6 Å². The Kier molecular flexibility index (Phi) is 6.85. The summed E-state index contributed by atoms with van der Waals surface area (Å²) in [5.41, 5.74) is 2.58. The van der Waals surface area contributed by atoms with Gasteiger partial charge in [-0.15, -0.1) is 0 Å². The Hall–Kier alpha value is -3.72. The number of piperidine rings is 1. The number of carbonyl (C=O) groups is 1. The van der Waals surface area contributed by atoms with Crippen LogP contribution in [-0.4, -0.2) is 47.0 Å². The Labute approximate surface area is 223 Å². The summed E-state index contributed by atoms with van der Waals surface area (Å²) in [4.78, 5) is 17.4. The Morgan fingerprint density at radius 2 is 1.67 bits per heavy atom. The third-order valence-electron chi connectivity index (χ3n) is 8.08. The van der Waals surface area contributed by atoms with E-state index >= 15 is 0 Å². The smallest absolute Gasteiger partial charge is 0.254 e. The number of aromatic nitrogens is 1. The minimum absolute atomic E-state index is 0.192. The second-order valence-corrected chi connectivity index (χ2v) is 10.3. The van der Waals surface area contributed by atoms with Crippen LogP contribution in [0.1, 0.15) is 58.4 Å². The first-order valence-electron chi connectivity index (χ1n) is 13.2. The molecule has 0 aliphatic carbocycles. The number of hydrogen-bond donors (Lipinski definition) is 0. The first-order chi connectivity index (χ1) is 18.9. The van der Waals surface area contributed by atoms with Gasteiger partial charge in [0, 0.05) is 36.0 Å². The van der Waals surface area contributed by atoms with E-state index in [1.807, 2.05) is 0 Å². The van der Waals surface area contributed by atoms with Crippen LogP contribution in [0.5, 0.6) is 0 Å². The largest absolute Gasteiger partial charge is 0.356 e. The van der Waals surface area contributed by atoms with Crippen molar-refractivity contribution in [1.29, 1.82) is 0 Å². The molecule has 5 nitrogen and oxygen atoms in total. The molecule has 3 aromatic carbocycles. The number of benzene rings is 3. The van der Waals surface area contributed by atoms with E-state index in [0.717, 1.165) is 43.1 Å². The molecule has 1 amide bonds. The maximum Gasteiger partial charge on any atom is 0.254 e. The van der Waals surface area contributed by atoms with Gasteiger partial charge in [-0.2, -0.15) is 0 Å². The number of rotatable bonds is 5. The summed E-state index contributed by atoms with van der Waals surface area (Å²) in [5, 5.41) is 5.05. The number of fused-ring (bicyclic) bond motifs is 2. The summed E-state index contributed by atoms with van der Waals surface area (Å²) in [7, 11) is 0. The molecule has 0 saturated carbocycles. The van der Waals surface area contributed by atoms with Crippen molar-refractivity contribution in [3.63, 3.8) is 0 Å². The summed E-state index contributed by atoms with van der Waals surface area (Å²) in [5.74, 6) is -2.61. The number of likely N-dealkylation sites (tertiary alicyclic amines) is 1. The molecule has 0 N–H and O–H groups in total. The van der Waals surface area contributed by atoms with Crippen molar-refractivity contribution in [2.45, 2.75) is 37.6 Å². The summed E-state index contributed by atoms with van der Waals surface area (Å²) in [6.07, 6.45) is 2.45. The maximum absolute atomic E-state index is 14.7. The van der Waals surface area contributed by atoms with Gasteiger partial charge in [-0.3, -0.25) is 4.79 Å². The van der Waals surface area contributed by atoms with Gasteiger partial charge in [-0.25, -0.2) is 17.6 Å². The van der Waals surface area contributed by atoms with Crippen LogP contribution >= 0.6 is 0 Å². The lowest BCUT2D eigenvalue weighted by molar-refractivity contribution is 0.0627. The maximum atomic E-state index is 14.7. The van der Waals surface area contributed by atoms with Gasteiger partial charge < -0.3 is 14.3 Å². The molecular formula is C30H27F4N3O2. The van der Waals surface area contributed by atoms with E-state index < -0.39 is 23.5 Å². The van der Waals surface area contributed by atoms with Crippen LogP contribution < -0.4 is 0 Å². The Balaban J connectivity index is 1.17. The first kappa shape index (κ1) is 25.6. The van der Waals surface area contributed by atoms with E-state index in [-0.39, 0.29) is 30.6 Å². The fourth-order valence-electron chi connectivity index (χ4n) is 6.00. The molecule has 2 aliphatic rings. The predicted octanol–water partition coefficient (Wildman–Crippen LogP) is 6.39. The highest BCUT2D eigenvalue weighted by molar-refractivity contribution is 5.94. The molecule has 1 fully saturated rings. The predicted molar refractivity (Wildman–Crippen MR) is 137 cm³/mol. The minimum Gasteiger partial charge on any atom is -0.356 e. The van der Waals surface area contributed by atoms with E-state index in [2.05, 4.69) is 10.1 Å². The SMILES string of the molecule is O=C(c1ccc(F)cc1)N1CCc2c(ccc(F)c2F)C1CCN1CCC(c2noc3cc(F)ccc23)CC1. The number of halogens is 4. The summed E-state index contributed by atoms with van der Waals surface area (Å²) in [6, 6.07) is 12.1. The summed E-state index contributed by atoms with van der Waals surface area (Å²) >= 11 is 0. The average molecular weight is 538 g/mol. The number of carbonyl (C=O) groups excluding carboxylic acids is 1. The fraction of sp³-hybridized carbons (Fsp3) is 0.333. The first-order valence-corrected chi connectivity index (χ1v) is 13.2. The molecule has 1 aromatic heterocycles. The Morgan fingerprint density at radius 1 is 0.923 bits per heavy atom. The van der Waals surface area contributed by atoms with Crippen LogP contribution in [0.15, 0.2) is 59.1 Å². The average Bonchev–Trinajstić information content (AvgIpc) is 3.37. The molecule has 39 heavy (non-hydrogen) atoms. The molecule has 1 unspecified atom stereocenters. The van der Waals surface area contributed by atoms with Crippen molar-refractivity contribution in [3.8, 4) is 0 Å². The van der Waals surface area contributed by atoms with Gasteiger partial charge in [0.2, 0.25) is 0 Å². The number of hydrogen-bond acceptors (Lipinski definition) is 4. The molecule has 1 atom stereocenters. The molecule has 0 spiro atoms. The van der Waals surface area contributed by atoms with Crippen LogP contribution in [-0.2, 0) is 6.42 Å². The van der Waals surface area contributed by atoms with Crippen LogP contribution in [0.2, 0.25) is 0 Å². The van der Waals surface area contributed by atoms with Crippen molar-refractivity contribution >= 4 is 16.9 Å². The fourth-order valence-corrected chi connectivity index (χ4v) is 6.00. The minimum atomic E-state index is -0.893. The van der Waals surface area contributed by atoms with Gasteiger partial charge in [0.25, 0.3) is 5.91 Å². The highest BCUT2D eigenvalue weighted by atomic mass is 19.2. The zero-order valence-corrected chi connectivity index (χ0v) is 21.2. The third kappa shape index (κ3) is 4.91. The standard InChI is InChI=1S/C30H27F4N3O2/c31-20-3-1-19(2-4-20)30(38)37-16-11-23-22(7-8-25(33)28(23)34)26(37)12-15-36-13-9-18(10-14-36)29-24-6-5-21(32)17-27(24)39-35-29/h1-8,17-18,26H,9-16H2. The molecular weight excluding hydrogens is 510 g/mol. The lowest BCUT2D eigenvalue weighted by atomic mass is 9.88. The quantitative estimate of drug-likeness (QED) is 0.277. The van der Waals surface area contributed by atoms with Gasteiger partial charge in [-0.05, 0) is 92.4 Å². The van der Waals surface area contributed by atoms with E-state index in [9.17, 15) is 22.4 Å². The zero-order valence-electron chi connectivity index (χ0n) is 21.2. The van der Waals surface area contributed by atoms with Crippen LogP contribution in [0.25, 0.3) is 11.0 Å². The van der Waals surface area contributed by atoms with E-state index in [1.165, 1.54) is 36.4 Å².